The summed E-state index contributed by atoms with van der Waals surface area (Å²) in [5.41, 5.74) is 2.06. The third-order valence-corrected chi connectivity index (χ3v) is 5.87. The number of rotatable bonds is 4. The smallest absolute Gasteiger partial charge is 0.269 e. The first-order valence-electron chi connectivity index (χ1n) is 9.82. The summed E-state index contributed by atoms with van der Waals surface area (Å²) in [7, 11) is 0. The molecule has 2 fully saturated rings. The van der Waals surface area contributed by atoms with Crippen molar-refractivity contribution in [3.8, 4) is 0 Å². The van der Waals surface area contributed by atoms with E-state index >= 15 is 0 Å². The third kappa shape index (κ3) is 3.95. The summed E-state index contributed by atoms with van der Waals surface area (Å²) in [6.07, 6.45) is 1.29. The van der Waals surface area contributed by atoms with Crippen LogP contribution in [0.1, 0.15) is 23.2 Å². The highest BCUT2D eigenvalue weighted by atomic mass is 35.5. The van der Waals surface area contributed by atoms with Crippen LogP contribution in [0, 0.1) is 10.1 Å². The number of amides is 2. The van der Waals surface area contributed by atoms with Crippen molar-refractivity contribution in [1.82, 2.24) is 4.90 Å². The second-order valence-electron chi connectivity index (χ2n) is 7.37. The number of hydrogen-bond acceptors (Lipinski definition) is 5. The summed E-state index contributed by atoms with van der Waals surface area (Å²) in [5.74, 6) is -0.0684. The van der Waals surface area contributed by atoms with Crippen LogP contribution in [0.4, 0.5) is 17.1 Å². The van der Waals surface area contributed by atoms with Crippen LogP contribution >= 0.6 is 11.6 Å². The number of anilines is 2. The maximum Gasteiger partial charge on any atom is 0.269 e. The van der Waals surface area contributed by atoms with Crippen LogP contribution in [0.15, 0.2) is 42.5 Å². The van der Waals surface area contributed by atoms with Gasteiger partial charge in [-0.15, -0.1) is 0 Å². The SMILES string of the molecule is O=C(c1ccc(Cl)c(N2CCCC2=O)c1)N1CCN(c2ccc([N+](=O)[O-])cc2)CC1. The van der Waals surface area contributed by atoms with Gasteiger partial charge >= 0.3 is 0 Å². The molecule has 2 aromatic rings. The Kier molecular flexibility index (Phi) is 5.59. The first-order valence-corrected chi connectivity index (χ1v) is 10.2. The molecule has 0 atom stereocenters. The third-order valence-electron chi connectivity index (χ3n) is 5.55. The number of carbonyl (C=O) groups excluding carboxylic acids is 2. The lowest BCUT2D eigenvalue weighted by Gasteiger charge is -2.36. The van der Waals surface area contributed by atoms with Gasteiger partial charge in [-0.3, -0.25) is 19.7 Å². The van der Waals surface area contributed by atoms with Gasteiger partial charge in [-0.1, -0.05) is 11.6 Å². The Labute approximate surface area is 178 Å². The number of benzene rings is 2. The Morgan fingerprint density at radius 3 is 2.30 bits per heavy atom. The van der Waals surface area contributed by atoms with Gasteiger partial charge in [-0.2, -0.15) is 0 Å². The van der Waals surface area contributed by atoms with Crippen LogP contribution in [0.5, 0.6) is 0 Å². The van der Waals surface area contributed by atoms with Crippen molar-refractivity contribution in [3.63, 3.8) is 0 Å². The maximum absolute atomic E-state index is 13.0. The van der Waals surface area contributed by atoms with Gasteiger partial charge < -0.3 is 14.7 Å². The Morgan fingerprint density at radius 1 is 1.00 bits per heavy atom. The highest BCUT2D eigenvalue weighted by Gasteiger charge is 2.27. The molecule has 0 saturated carbocycles. The number of piperazine rings is 1. The molecule has 0 spiro atoms. The second kappa shape index (κ2) is 8.31. The molecule has 0 N–H and O–H groups in total. The molecular weight excluding hydrogens is 408 g/mol. The highest BCUT2D eigenvalue weighted by Crippen LogP contribution is 2.31. The lowest BCUT2D eigenvalue weighted by atomic mass is 10.1. The van der Waals surface area contributed by atoms with E-state index < -0.39 is 4.92 Å². The van der Waals surface area contributed by atoms with Crippen molar-refractivity contribution in [2.24, 2.45) is 0 Å². The molecule has 0 aromatic heterocycles. The Hall–Kier alpha value is -3.13. The number of nitro groups is 1. The van der Waals surface area contributed by atoms with Crippen LogP contribution in [0.2, 0.25) is 5.02 Å². The topological polar surface area (TPSA) is 87.0 Å². The molecule has 2 saturated heterocycles. The average molecular weight is 429 g/mol. The fourth-order valence-corrected chi connectivity index (χ4v) is 4.11. The number of nitrogens with zero attached hydrogens (tertiary/aromatic N) is 4. The van der Waals surface area contributed by atoms with Crippen molar-refractivity contribution in [2.45, 2.75) is 12.8 Å². The van der Waals surface area contributed by atoms with Crippen molar-refractivity contribution in [1.29, 1.82) is 0 Å². The van der Waals surface area contributed by atoms with E-state index in [1.807, 2.05) is 0 Å². The second-order valence-corrected chi connectivity index (χ2v) is 7.78. The molecule has 0 unspecified atom stereocenters. The molecule has 2 amide bonds. The van der Waals surface area contributed by atoms with Crippen molar-refractivity contribution in [3.05, 3.63) is 63.2 Å². The molecule has 30 heavy (non-hydrogen) atoms. The number of non-ortho nitro benzene ring substituents is 1. The minimum absolute atomic E-state index is 0.0261. The number of hydrogen-bond donors (Lipinski definition) is 0. The Balaban J connectivity index is 1.43. The molecule has 4 rings (SSSR count). The van der Waals surface area contributed by atoms with E-state index in [1.54, 1.807) is 40.1 Å². The van der Waals surface area contributed by atoms with Gasteiger partial charge in [-0.25, -0.2) is 0 Å². The van der Waals surface area contributed by atoms with E-state index in [0.717, 1.165) is 12.1 Å². The fraction of sp³-hybridized carbons (Fsp3) is 0.333. The van der Waals surface area contributed by atoms with E-state index in [2.05, 4.69) is 4.90 Å². The van der Waals surface area contributed by atoms with Crippen molar-refractivity contribution in [2.75, 3.05) is 42.5 Å². The Morgan fingerprint density at radius 2 is 1.70 bits per heavy atom. The summed E-state index contributed by atoms with van der Waals surface area (Å²) >= 11 is 6.28. The van der Waals surface area contributed by atoms with Gasteiger partial charge in [-0.05, 0) is 36.8 Å². The van der Waals surface area contributed by atoms with E-state index in [-0.39, 0.29) is 17.5 Å². The number of halogens is 1. The molecule has 0 aliphatic carbocycles. The van der Waals surface area contributed by atoms with Crippen LogP contribution in [0.25, 0.3) is 0 Å². The molecular formula is C21H21ClN4O4. The zero-order chi connectivity index (χ0) is 21.3. The summed E-state index contributed by atoms with van der Waals surface area (Å²) in [6.45, 7) is 2.96. The minimum Gasteiger partial charge on any atom is -0.368 e. The zero-order valence-electron chi connectivity index (χ0n) is 16.3. The highest BCUT2D eigenvalue weighted by molar-refractivity contribution is 6.34. The van der Waals surface area contributed by atoms with Crippen LogP contribution < -0.4 is 9.80 Å². The summed E-state index contributed by atoms with van der Waals surface area (Å²) < 4.78 is 0. The zero-order valence-corrected chi connectivity index (χ0v) is 17.0. The van der Waals surface area contributed by atoms with E-state index in [1.165, 1.54) is 12.1 Å². The quantitative estimate of drug-likeness (QED) is 0.550. The lowest BCUT2D eigenvalue weighted by Crippen LogP contribution is -2.48. The Bertz CT molecular complexity index is 987. The van der Waals surface area contributed by atoms with Gasteiger partial charge in [0.15, 0.2) is 0 Å². The largest absolute Gasteiger partial charge is 0.368 e. The maximum atomic E-state index is 13.0. The van der Waals surface area contributed by atoms with Crippen LogP contribution in [-0.4, -0.2) is 54.4 Å². The lowest BCUT2D eigenvalue weighted by molar-refractivity contribution is -0.384. The summed E-state index contributed by atoms with van der Waals surface area (Å²) in [6, 6.07) is 11.5. The first-order chi connectivity index (χ1) is 14.4. The van der Waals surface area contributed by atoms with Crippen molar-refractivity contribution >= 4 is 40.5 Å². The number of carbonyl (C=O) groups is 2. The van der Waals surface area contributed by atoms with Crippen molar-refractivity contribution < 1.29 is 14.5 Å². The molecule has 0 radical (unpaired) electrons. The molecule has 9 heteroatoms. The van der Waals surface area contributed by atoms with Gasteiger partial charge in [0.2, 0.25) is 5.91 Å². The molecule has 0 bridgehead atoms. The predicted molar refractivity (Wildman–Crippen MR) is 114 cm³/mol. The molecule has 156 valence electrons. The monoisotopic (exact) mass is 428 g/mol. The molecule has 2 aromatic carbocycles. The molecule has 2 aliphatic rings. The normalized spacial score (nSPS) is 16.8. The van der Waals surface area contributed by atoms with E-state index in [9.17, 15) is 19.7 Å². The van der Waals surface area contributed by atoms with E-state index in [0.29, 0.717) is 55.4 Å². The van der Waals surface area contributed by atoms with Gasteiger partial charge in [0, 0.05) is 62.5 Å². The molecule has 2 aliphatic heterocycles. The average Bonchev–Trinajstić information content (AvgIpc) is 3.19. The summed E-state index contributed by atoms with van der Waals surface area (Å²) in [4.78, 5) is 41.0. The fourth-order valence-electron chi connectivity index (χ4n) is 3.89. The van der Waals surface area contributed by atoms with Crippen LogP contribution in [0.3, 0.4) is 0 Å². The van der Waals surface area contributed by atoms with Gasteiger partial charge in [0.1, 0.15) is 0 Å². The predicted octanol–water partition coefficient (Wildman–Crippen LogP) is 3.34. The minimum atomic E-state index is -0.420. The van der Waals surface area contributed by atoms with Gasteiger partial charge in [0.25, 0.3) is 11.6 Å². The molecule has 8 nitrogen and oxygen atoms in total. The van der Waals surface area contributed by atoms with E-state index in [4.69, 9.17) is 11.6 Å². The summed E-state index contributed by atoms with van der Waals surface area (Å²) in [5, 5.41) is 11.3. The molecule has 2 heterocycles. The number of nitro benzene ring substituents is 1. The van der Waals surface area contributed by atoms with Gasteiger partial charge in [0.05, 0.1) is 15.6 Å². The standard InChI is InChI=1S/C21H21ClN4O4/c22-18-8-3-15(14-19(18)25-9-1-2-20(25)27)21(28)24-12-10-23(11-13-24)16-4-6-17(7-5-16)26(29)30/h3-8,14H,1-2,9-13H2. The van der Waals surface area contributed by atoms with Crippen LogP contribution in [-0.2, 0) is 4.79 Å². The first kappa shape index (κ1) is 20.2.